The summed E-state index contributed by atoms with van der Waals surface area (Å²) in [7, 11) is 1.56. The van der Waals surface area contributed by atoms with Crippen LogP contribution >= 0.6 is 11.6 Å². The number of nitrogens with zero attached hydrogens (tertiary/aromatic N) is 2. The van der Waals surface area contributed by atoms with Crippen LogP contribution in [-0.4, -0.2) is 36.3 Å². The van der Waals surface area contributed by atoms with E-state index in [1.807, 2.05) is 0 Å². The third-order valence-corrected chi connectivity index (χ3v) is 4.98. The number of unbranched alkanes of at least 4 members (excludes halogenated alkanes) is 2. The highest BCUT2D eigenvalue weighted by Gasteiger charge is 2.13. The summed E-state index contributed by atoms with van der Waals surface area (Å²) in [6, 6.07) is 7.93. The monoisotopic (exact) mass is 461 g/mol. The van der Waals surface area contributed by atoms with Gasteiger partial charge in [0.05, 0.1) is 30.9 Å². The van der Waals surface area contributed by atoms with Crippen LogP contribution in [0.5, 0.6) is 11.5 Å². The normalized spacial score (nSPS) is 10.8. The van der Waals surface area contributed by atoms with Gasteiger partial charge in [-0.1, -0.05) is 11.6 Å². The Labute approximate surface area is 190 Å². The third kappa shape index (κ3) is 6.20. The van der Waals surface area contributed by atoms with Crippen LogP contribution in [0.1, 0.15) is 32.6 Å². The number of aromatic nitrogens is 2. The topological polar surface area (TPSA) is 82.6 Å². The lowest BCUT2D eigenvalue weighted by molar-refractivity contribution is -0.143. The fourth-order valence-corrected chi connectivity index (χ4v) is 3.29. The van der Waals surface area contributed by atoms with Crippen LogP contribution in [0.3, 0.4) is 0 Å². The molecule has 0 aliphatic rings. The van der Waals surface area contributed by atoms with Crippen molar-refractivity contribution in [2.45, 2.75) is 32.6 Å². The molecule has 0 saturated heterocycles. The maximum Gasteiger partial charge on any atom is 0.305 e. The molecule has 0 aliphatic heterocycles. The van der Waals surface area contributed by atoms with Gasteiger partial charge in [-0.15, -0.1) is 0 Å². The first-order valence-corrected chi connectivity index (χ1v) is 10.7. The molecular formula is C23H25ClFN3O4. The summed E-state index contributed by atoms with van der Waals surface area (Å²) in [5, 5.41) is 3.87. The standard InChI is InChI=1S/C23H25ClFN3O4/c1-3-31-22(29)7-5-4-6-10-32-21-12-16-19(13-20(21)30-2)26-14-27-23(16)28-15-8-9-18(25)17(24)11-15/h8-9,11-14H,3-7,10H2,1-2H3,(H,26,27,28). The largest absolute Gasteiger partial charge is 0.493 e. The van der Waals surface area contributed by atoms with E-state index >= 15 is 0 Å². The van der Waals surface area contributed by atoms with Gasteiger partial charge in [0.25, 0.3) is 0 Å². The van der Waals surface area contributed by atoms with Crippen LogP contribution in [0.15, 0.2) is 36.7 Å². The van der Waals surface area contributed by atoms with Gasteiger partial charge < -0.3 is 19.5 Å². The van der Waals surface area contributed by atoms with Gasteiger partial charge in [-0.3, -0.25) is 4.79 Å². The number of hydrogen-bond donors (Lipinski definition) is 1. The van der Waals surface area contributed by atoms with Gasteiger partial charge in [0.15, 0.2) is 11.5 Å². The molecular weight excluding hydrogens is 437 g/mol. The Balaban J connectivity index is 1.70. The molecule has 0 unspecified atom stereocenters. The summed E-state index contributed by atoms with van der Waals surface area (Å²) in [5.74, 6) is 0.970. The number of rotatable bonds is 11. The number of carbonyl (C=O) groups excluding carboxylic acids is 1. The van der Waals surface area contributed by atoms with Crippen molar-refractivity contribution in [3.05, 3.63) is 47.5 Å². The minimum Gasteiger partial charge on any atom is -0.493 e. The first-order valence-electron chi connectivity index (χ1n) is 10.3. The Morgan fingerprint density at radius 3 is 2.72 bits per heavy atom. The van der Waals surface area contributed by atoms with Crippen LogP contribution < -0.4 is 14.8 Å². The van der Waals surface area contributed by atoms with Gasteiger partial charge in [0.2, 0.25) is 0 Å². The molecule has 0 aliphatic carbocycles. The quantitative estimate of drug-likeness (QED) is 0.290. The number of ether oxygens (including phenoxy) is 3. The number of benzene rings is 2. The number of anilines is 2. The van der Waals surface area contributed by atoms with E-state index in [1.54, 1.807) is 32.2 Å². The molecule has 0 bridgehead atoms. The molecule has 3 rings (SSSR count). The zero-order chi connectivity index (χ0) is 22.9. The van der Waals surface area contributed by atoms with Crippen LogP contribution in [0.2, 0.25) is 5.02 Å². The molecule has 1 N–H and O–H groups in total. The molecule has 0 amide bonds. The summed E-state index contributed by atoms with van der Waals surface area (Å²) in [6.07, 6.45) is 4.21. The van der Waals surface area contributed by atoms with Crippen molar-refractivity contribution in [3.8, 4) is 11.5 Å². The van der Waals surface area contributed by atoms with Crippen molar-refractivity contribution in [3.63, 3.8) is 0 Å². The maximum atomic E-state index is 13.5. The average Bonchev–Trinajstić information content (AvgIpc) is 2.78. The van der Waals surface area contributed by atoms with E-state index in [0.29, 0.717) is 53.5 Å². The van der Waals surface area contributed by atoms with E-state index in [0.717, 1.165) is 19.3 Å². The molecule has 7 nitrogen and oxygen atoms in total. The highest BCUT2D eigenvalue weighted by molar-refractivity contribution is 6.31. The van der Waals surface area contributed by atoms with E-state index < -0.39 is 5.82 Å². The molecule has 0 radical (unpaired) electrons. The molecule has 3 aromatic rings. The Morgan fingerprint density at radius 1 is 1.12 bits per heavy atom. The van der Waals surface area contributed by atoms with Gasteiger partial charge in [-0.05, 0) is 50.5 Å². The fourth-order valence-electron chi connectivity index (χ4n) is 3.11. The Morgan fingerprint density at radius 2 is 1.97 bits per heavy atom. The van der Waals surface area contributed by atoms with E-state index in [-0.39, 0.29) is 11.0 Å². The van der Waals surface area contributed by atoms with Crippen molar-refractivity contribution in [2.75, 3.05) is 25.6 Å². The predicted molar refractivity (Wildman–Crippen MR) is 121 cm³/mol. The van der Waals surface area contributed by atoms with Crippen LogP contribution in [0.4, 0.5) is 15.9 Å². The van der Waals surface area contributed by atoms with Crippen LogP contribution in [0.25, 0.3) is 10.9 Å². The molecule has 32 heavy (non-hydrogen) atoms. The second-order valence-electron chi connectivity index (χ2n) is 6.96. The molecule has 1 heterocycles. The Kier molecular flexibility index (Phi) is 8.44. The SMILES string of the molecule is CCOC(=O)CCCCCOc1cc2c(Nc3ccc(F)c(Cl)c3)ncnc2cc1OC. The summed E-state index contributed by atoms with van der Waals surface area (Å²) in [5.41, 5.74) is 1.26. The number of fused-ring (bicyclic) bond motifs is 1. The van der Waals surface area contributed by atoms with Gasteiger partial charge in [-0.2, -0.15) is 0 Å². The summed E-state index contributed by atoms with van der Waals surface area (Å²) in [6.45, 7) is 2.66. The van der Waals surface area contributed by atoms with Crippen molar-refractivity contribution in [2.24, 2.45) is 0 Å². The van der Waals surface area contributed by atoms with Crippen LogP contribution in [0, 0.1) is 5.82 Å². The fraction of sp³-hybridized carbons (Fsp3) is 0.348. The number of nitrogens with one attached hydrogen (secondary N) is 1. The Hall–Kier alpha value is -3.13. The summed E-state index contributed by atoms with van der Waals surface area (Å²) in [4.78, 5) is 20.0. The zero-order valence-electron chi connectivity index (χ0n) is 18.0. The number of halogens is 2. The highest BCUT2D eigenvalue weighted by atomic mass is 35.5. The van der Waals surface area contributed by atoms with Gasteiger partial charge in [0, 0.05) is 23.6 Å². The Bertz CT molecular complexity index is 1080. The lowest BCUT2D eigenvalue weighted by atomic mass is 10.2. The molecule has 0 spiro atoms. The number of hydrogen-bond acceptors (Lipinski definition) is 7. The number of carbonyl (C=O) groups is 1. The van der Waals surface area contributed by atoms with Gasteiger partial charge in [-0.25, -0.2) is 14.4 Å². The van der Waals surface area contributed by atoms with E-state index in [9.17, 15) is 9.18 Å². The van der Waals surface area contributed by atoms with Crippen molar-refractivity contribution in [1.82, 2.24) is 9.97 Å². The van der Waals surface area contributed by atoms with E-state index in [2.05, 4.69) is 15.3 Å². The lowest BCUT2D eigenvalue weighted by Crippen LogP contribution is -2.04. The van der Waals surface area contributed by atoms with E-state index in [1.165, 1.54) is 18.5 Å². The minimum atomic E-state index is -0.493. The molecule has 0 saturated carbocycles. The first-order chi connectivity index (χ1) is 15.5. The van der Waals surface area contributed by atoms with Crippen LogP contribution in [-0.2, 0) is 9.53 Å². The van der Waals surface area contributed by atoms with Crippen molar-refractivity contribution in [1.29, 1.82) is 0 Å². The molecule has 0 fully saturated rings. The minimum absolute atomic E-state index is 0.0157. The zero-order valence-corrected chi connectivity index (χ0v) is 18.7. The number of methoxy groups -OCH3 is 1. The molecule has 9 heteroatoms. The highest BCUT2D eigenvalue weighted by Crippen LogP contribution is 2.35. The molecule has 0 atom stereocenters. The second kappa shape index (κ2) is 11.5. The van der Waals surface area contributed by atoms with Gasteiger partial charge >= 0.3 is 5.97 Å². The molecule has 1 aromatic heterocycles. The first kappa shape index (κ1) is 23.5. The van der Waals surface area contributed by atoms with E-state index in [4.69, 9.17) is 25.8 Å². The summed E-state index contributed by atoms with van der Waals surface area (Å²) < 4.78 is 29.8. The van der Waals surface area contributed by atoms with Gasteiger partial charge in [0.1, 0.15) is 18.0 Å². The predicted octanol–water partition coefficient (Wildman–Crippen LogP) is 5.68. The maximum absolute atomic E-state index is 13.5. The lowest BCUT2D eigenvalue weighted by Gasteiger charge is -2.14. The van der Waals surface area contributed by atoms with Crippen molar-refractivity contribution >= 4 is 40.0 Å². The third-order valence-electron chi connectivity index (χ3n) is 4.69. The smallest absolute Gasteiger partial charge is 0.305 e. The molecule has 170 valence electrons. The van der Waals surface area contributed by atoms with Crippen molar-refractivity contribution < 1.29 is 23.4 Å². The second-order valence-corrected chi connectivity index (χ2v) is 7.37. The number of esters is 1. The average molecular weight is 462 g/mol. The summed E-state index contributed by atoms with van der Waals surface area (Å²) >= 11 is 5.88. The molecule has 2 aromatic carbocycles.